The van der Waals surface area contributed by atoms with Gasteiger partial charge in [-0.05, 0) is 179 Å². The maximum absolute atomic E-state index is 13.7. The Morgan fingerprint density at radius 2 is 1.03 bits per heavy atom. The van der Waals surface area contributed by atoms with Crippen LogP contribution in [0.15, 0.2) is 110 Å². The van der Waals surface area contributed by atoms with Crippen molar-refractivity contribution in [2.75, 3.05) is 76.1 Å². The Labute approximate surface area is 538 Å². The topological polar surface area (TPSA) is 213 Å². The fourth-order valence-electron chi connectivity index (χ4n) is 13.5. The van der Waals surface area contributed by atoms with Crippen LogP contribution in [0.3, 0.4) is 0 Å². The number of fused-ring (bicyclic) bond motifs is 10. The Kier molecular flexibility index (Phi) is 17.9. The summed E-state index contributed by atoms with van der Waals surface area (Å²) in [4.78, 5) is 89.8. The molecule has 2 atom stereocenters. The number of anilines is 2. The Hall–Kier alpha value is -6.69. The minimum absolute atomic E-state index is 0.119. The molecule has 6 N–H and O–H groups in total. The van der Waals surface area contributed by atoms with Crippen molar-refractivity contribution in [2.24, 2.45) is 11.8 Å². The van der Waals surface area contributed by atoms with E-state index in [1.54, 1.807) is 13.4 Å². The van der Waals surface area contributed by atoms with Crippen molar-refractivity contribution in [3.8, 4) is 22.8 Å². The van der Waals surface area contributed by atoms with Crippen molar-refractivity contribution < 1.29 is 19.1 Å². The second kappa shape index (κ2) is 25.5. The van der Waals surface area contributed by atoms with Gasteiger partial charge in [-0.25, -0.2) is 14.8 Å². The molecule has 8 aliphatic rings. The van der Waals surface area contributed by atoms with E-state index < -0.39 is 29.6 Å². The number of imidazole rings is 2. The van der Waals surface area contributed by atoms with Crippen LogP contribution in [0.2, 0.25) is 14.8 Å². The van der Waals surface area contributed by atoms with E-state index in [-0.39, 0.29) is 29.3 Å². The molecule has 16 rings (SSSR count). The minimum Gasteiger partial charge on any atom is -0.379 e. The van der Waals surface area contributed by atoms with Gasteiger partial charge in [-0.1, -0.05) is 36.4 Å². The van der Waals surface area contributed by atoms with Gasteiger partial charge in [0.2, 0.25) is 0 Å². The number of nitrogens with zero attached hydrogens (tertiary/aromatic N) is 6. The summed E-state index contributed by atoms with van der Waals surface area (Å²) >= 11 is 0.430. The molecule has 4 aromatic carbocycles. The molecular weight excluding hydrogens is 1340 g/mol. The van der Waals surface area contributed by atoms with E-state index in [0.717, 1.165) is 116 Å². The molecular formula is C69H85IN12O6Sn. The van der Waals surface area contributed by atoms with Gasteiger partial charge in [-0.15, -0.1) is 0 Å². The molecule has 4 bridgehead atoms. The molecule has 89 heavy (non-hydrogen) atoms. The van der Waals surface area contributed by atoms with E-state index in [4.69, 9.17) is 19.4 Å². The molecule has 6 fully saturated rings. The maximum atomic E-state index is 13.7. The van der Waals surface area contributed by atoms with Crippen molar-refractivity contribution in [3.05, 3.63) is 131 Å². The van der Waals surface area contributed by atoms with Crippen LogP contribution >= 0.6 is 22.6 Å². The second-order valence-electron chi connectivity index (χ2n) is 27.9. The van der Waals surface area contributed by atoms with Gasteiger partial charge in [0.1, 0.15) is 28.4 Å². The third-order valence-electron chi connectivity index (χ3n) is 18.3. The van der Waals surface area contributed by atoms with Crippen LogP contribution in [0.5, 0.6) is 0 Å². The molecule has 0 radical (unpaired) electrons. The Morgan fingerprint density at radius 3 is 1.45 bits per heavy atom. The van der Waals surface area contributed by atoms with Gasteiger partial charge in [0.05, 0.1) is 44.5 Å². The van der Waals surface area contributed by atoms with Gasteiger partial charge in [0.15, 0.2) is 0 Å². The van der Waals surface area contributed by atoms with Crippen molar-refractivity contribution in [1.82, 2.24) is 49.5 Å². The third kappa shape index (κ3) is 14.3. The van der Waals surface area contributed by atoms with Gasteiger partial charge in [0, 0.05) is 52.6 Å². The molecule has 468 valence electrons. The smallest absolute Gasteiger partial charge is 0.261 e. The number of pyridine rings is 2. The summed E-state index contributed by atoms with van der Waals surface area (Å²) in [5.74, 6) is 2.41. The predicted molar refractivity (Wildman–Crippen MR) is 369 cm³/mol. The summed E-state index contributed by atoms with van der Waals surface area (Å²) in [6.07, 6.45) is 10.4. The molecule has 4 aromatic heterocycles. The quantitative estimate of drug-likeness (QED) is 0.0620. The van der Waals surface area contributed by atoms with Crippen LogP contribution in [-0.2, 0) is 9.47 Å². The number of hydrogen-bond acceptors (Lipinski definition) is 12. The van der Waals surface area contributed by atoms with Crippen LogP contribution in [0.1, 0.15) is 85.6 Å². The molecule has 8 aromatic rings. The number of carbonyl (C=O) groups is 2. The monoisotopic (exact) mass is 1420 g/mol. The number of ether oxygens (including phenoxy) is 2. The number of amides is 2. The Balaban J connectivity index is 0.000000142. The Morgan fingerprint density at radius 1 is 0.573 bits per heavy atom. The SMILES string of the molecule is CC(C)(C)OC(=O)N1CC=C(c2ccc3[nH]c(=O)c(-c4nc5ccccc5[nH]4)c(N[C@H]4CN5CCC4CC5)c3c2)CC1.CC(C)(C)OC(=O)N1CC=[C]([Sn]([CH3])([CH3])[CH3])CC1.O=c1[nH]c2ccc(I)cc2c(N[C@H]2CN3CCC2CC3)c1-c1nc2ccccc2[nH]1. The zero-order valence-electron chi connectivity index (χ0n) is 52.9. The molecule has 2 amide bonds. The molecule has 20 heteroatoms. The van der Waals surface area contributed by atoms with Gasteiger partial charge < -0.3 is 50.0 Å². The fraction of sp³-hybridized carbons (Fsp3) is 0.449. The average molecular weight is 1420 g/mol. The molecule has 0 spiro atoms. The number of benzene rings is 4. The number of piperidine rings is 6. The van der Waals surface area contributed by atoms with Gasteiger partial charge in [0.25, 0.3) is 11.1 Å². The van der Waals surface area contributed by atoms with Crippen molar-refractivity contribution in [2.45, 2.75) is 118 Å². The summed E-state index contributed by atoms with van der Waals surface area (Å²) in [7, 11) is 0. The van der Waals surface area contributed by atoms with Crippen LogP contribution in [0.4, 0.5) is 21.0 Å². The maximum Gasteiger partial charge on any atom is 0.261 e. The first-order valence-corrected chi connectivity index (χ1v) is 42.8. The van der Waals surface area contributed by atoms with Crippen molar-refractivity contribution >= 4 is 114 Å². The van der Waals surface area contributed by atoms with E-state index in [9.17, 15) is 19.2 Å². The van der Waals surface area contributed by atoms with Crippen LogP contribution in [0, 0.1) is 15.4 Å². The van der Waals surface area contributed by atoms with Gasteiger partial charge in [-0.3, -0.25) is 9.59 Å². The molecule has 18 nitrogen and oxygen atoms in total. The van der Waals surface area contributed by atoms with E-state index >= 15 is 0 Å². The molecule has 6 saturated heterocycles. The number of hydrogen-bond donors (Lipinski definition) is 6. The average Bonchev–Trinajstić information content (AvgIpc) is 1.87. The summed E-state index contributed by atoms with van der Waals surface area (Å²) in [6, 6.07) is 28.8. The zero-order valence-corrected chi connectivity index (χ0v) is 57.9. The number of H-pyrrole nitrogens is 4. The zero-order chi connectivity index (χ0) is 62.5. The fourth-order valence-corrected chi connectivity index (χ4v) is 18.5. The number of halogens is 1. The Bertz CT molecular complexity index is 4080. The molecule has 0 unspecified atom stereocenters. The molecule has 8 aliphatic heterocycles. The first-order chi connectivity index (χ1) is 42.5. The number of para-hydroxylation sites is 4. The van der Waals surface area contributed by atoms with Gasteiger partial charge in [-0.2, -0.15) is 0 Å². The van der Waals surface area contributed by atoms with Crippen molar-refractivity contribution in [1.29, 1.82) is 0 Å². The predicted octanol–water partition coefficient (Wildman–Crippen LogP) is 13.2. The number of aromatic amines is 4. The normalized spacial score (nSPS) is 21.8. The number of nitrogens with one attached hydrogen (secondary N) is 6. The minimum atomic E-state index is -1.90. The van der Waals surface area contributed by atoms with E-state index in [1.807, 2.05) is 108 Å². The second-order valence-corrected chi connectivity index (χ2v) is 43.8. The molecule has 12 heterocycles. The summed E-state index contributed by atoms with van der Waals surface area (Å²) in [5, 5.41) is 9.68. The molecule has 0 saturated carbocycles. The summed E-state index contributed by atoms with van der Waals surface area (Å²) < 4.78 is 13.7. The van der Waals surface area contributed by atoms with Crippen molar-refractivity contribution in [3.63, 3.8) is 0 Å². The van der Waals surface area contributed by atoms with E-state index in [0.29, 0.717) is 53.7 Å². The third-order valence-corrected chi connectivity index (χ3v) is 25.7. The van der Waals surface area contributed by atoms with Gasteiger partial charge >= 0.3 is 115 Å². The first kappa shape index (κ1) is 62.5. The summed E-state index contributed by atoms with van der Waals surface area (Å²) in [5.41, 5.74) is 9.10. The number of rotatable bonds is 8. The van der Waals surface area contributed by atoms with E-state index in [1.165, 1.54) is 44.3 Å². The van der Waals surface area contributed by atoms with Crippen LogP contribution in [0.25, 0.3) is 72.2 Å². The molecule has 0 aliphatic carbocycles. The number of aromatic nitrogens is 6. The van der Waals surface area contributed by atoms with Crippen LogP contribution < -0.4 is 21.8 Å². The first-order valence-electron chi connectivity index (χ1n) is 31.8. The largest absolute Gasteiger partial charge is 0.379 e. The number of carbonyl (C=O) groups excluding carboxylic acids is 2. The van der Waals surface area contributed by atoms with Crippen LogP contribution in [-0.4, -0.2) is 169 Å². The van der Waals surface area contributed by atoms with E-state index in [2.05, 4.69) is 108 Å². The standard InChI is InChI=1S/C33H38N6O3.C23H22IN5O.C10H16NO2.3CH3.Sn/c1-33(2,3)42-32(41)39-16-12-20(13-17-39)22-8-9-24-23(18-22)29(34-27-19-38-14-10-21(27)11-15-38)28(31(40)37-24)30-35-25-6-4-5-7-26(25)36-30;24-14-5-6-16-15(11-14)21(25-19-12-29-9-7-13(19)8-10-29)20(23(30)28-16)22-26-17-3-1-2-4-18(17)27-22;1-10(2,3)13-9(12)11-7-5-4-6-8-11;;;;/h4-9,12,18,21,27H,10-11,13-17,19H2,1-3H3,(H,35,36)(H2,34,37,40);1-6,11,13,19H,7-10,12H2,(H,26,27)(H2,25,28,30);5H,6-8H2,1-3H3;3*1H3;/t27-;19-;;;;;/m00...../s1. The summed E-state index contributed by atoms with van der Waals surface area (Å²) in [6.45, 7) is 20.7.